The zero-order valence-corrected chi connectivity index (χ0v) is 6.65. The second-order valence-corrected chi connectivity index (χ2v) is 2.30. The molecular weight excluding hydrogens is 156 g/mol. The van der Waals surface area contributed by atoms with Crippen LogP contribution in [0.3, 0.4) is 0 Å². The molecule has 1 radical (unpaired) electrons. The molecule has 0 aliphatic heterocycles. The van der Waals surface area contributed by atoms with E-state index in [9.17, 15) is 4.79 Å². The first-order valence-corrected chi connectivity index (χ1v) is 3.48. The number of ether oxygens (including phenoxy) is 1. The average Bonchev–Trinajstić information content (AvgIpc) is 2.03. The SMILES string of the molecule is CC(=O)Oc1cccc([CH]O)c1. The van der Waals surface area contributed by atoms with Crippen LogP contribution in [0, 0.1) is 6.61 Å². The van der Waals surface area contributed by atoms with Crippen molar-refractivity contribution in [2.24, 2.45) is 0 Å². The second kappa shape index (κ2) is 3.88. The molecule has 1 aromatic rings. The van der Waals surface area contributed by atoms with Crippen LogP contribution in [0.25, 0.3) is 0 Å². The van der Waals surface area contributed by atoms with Crippen LogP contribution in [0.2, 0.25) is 0 Å². The Hall–Kier alpha value is -1.35. The van der Waals surface area contributed by atoms with E-state index in [2.05, 4.69) is 0 Å². The Labute approximate surface area is 70.6 Å². The van der Waals surface area contributed by atoms with Crippen molar-refractivity contribution in [3.8, 4) is 5.75 Å². The Morgan fingerprint density at radius 2 is 2.33 bits per heavy atom. The molecule has 1 rings (SSSR count). The molecule has 12 heavy (non-hydrogen) atoms. The predicted octanol–water partition coefficient (Wildman–Crippen LogP) is 1.49. The van der Waals surface area contributed by atoms with Gasteiger partial charge in [-0.25, -0.2) is 0 Å². The number of carbonyl (C=O) groups excluding carboxylic acids is 1. The number of hydrogen-bond donors (Lipinski definition) is 1. The lowest BCUT2D eigenvalue weighted by atomic mass is 10.2. The summed E-state index contributed by atoms with van der Waals surface area (Å²) in [6, 6.07) is 6.61. The lowest BCUT2D eigenvalue weighted by Crippen LogP contribution is -2.01. The van der Waals surface area contributed by atoms with Crippen LogP contribution < -0.4 is 4.74 Å². The molecule has 3 heteroatoms. The van der Waals surface area contributed by atoms with Crippen LogP contribution in [0.5, 0.6) is 5.75 Å². The lowest BCUT2D eigenvalue weighted by molar-refractivity contribution is -0.131. The monoisotopic (exact) mass is 165 g/mol. The van der Waals surface area contributed by atoms with Gasteiger partial charge in [0.05, 0.1) is 0 Å². The maximum atomic E-state index is 10.5. The summed E-state index contributed by atoms with van der Waals surface area (Å²) in [6.07, 6.45) is 0. The highest BCUT2D eigenvalue weighted by Crippen LogP contribution is 2.13. The Morgan fingerprint density at radius 3 is 2.92 bits per heavy atom. The van der Waals surface area contributed by atoms with Crippen molar-refractivity contribution in [1.82, 2.24) is 0 Å². The fourth-order valence-corrected chi connectivity index (χ4v) is 0.824. The van der Waals surface area contributed by atoms with Gasteiger partial charge in [0.2, 0.25) is 0 Å². The molecule has 1 aromatic carbocycles. The summed E-state index contributed by atoms with van der Waals surface area (Å²) < 4.78 is 4.79. The number of esters is 1. The van der Waals surface area contributed by atoms with E-state index in [0.29, 0.717) is 11.3 Å². The van der Waals surface area contributed by atoms with Crippen LogP contribution in [0.1, 0.15) is 12.5 Å². The molecular formula is C9H9O3. The third kappa shape index (κ3) is 2.36. The first-order chi connectivity index (χ1) is 5.72. The molecule has 0 aliphatic carbocycles. The fourth-order valence-electron chi connectivity index (χ4n) is 0.824. The Balaban J connectivity index is 2.79. The predicted molar refractivity (Wildman–Crippen MR) is 43.1 cm³/mol. The van der Waals surface area contributed by atoms with Crippen LogP contribution in [-0.2, 0) is 4.79 Å². The van der Waals surface area contributed by atoms with Crippen molar-refractivity contribution in [2.75, 3.05) is 0 Å². The number of aliphatic hydroxyl groups excluding tert-OH is 1. The van der Waals surface area contributed by atoms with Crippen molar-refractivity contribution in [3.05, 3.63) is 36.4 Å². The Morgan fingerprint density at radius 1 is 1.58 bits per heavy atom. The molecule has 0 saturated heterocycles. The normalized spacial score (nSPS) is 9.50. The number of aliphatic hydroxyl groups is 1. The highest BCUT2D eigenvalue weighted by molar-refractivity contribution is 5.69. The smallest absolute Gasteiger partial charge is 0.308 e. The first kappa shape index (κ1) is 8.74. The van der Waals surface area contributed by atoms with E-state index in [1.54, 1.807) is 24.3 Å². The molecule has 0 heterocycles. The molecule has 0 amide bonds. The lowest BCUT2D eigenvalue weighted by Gasteiger charge is -2.01. The van der Waals surface area contributed by atoms with Gasteiger partial charge in [-0.1, -0.05) is 12.1 Å². The molecule has 0 unspecified atom stereocenters. The summed E-state index contributed by atoms with van der Waals surface area (Å²) in [5.41, 5.74) is 0.605. The second-order valence-electron chi connectivity index (χ2n) is 2.30. The van der Waals surface area contributed by atoms with Crippen molar-refractivity contribution < 1.29 is 14.6 Å². The van der Waals surface area contributed by atoms with Gasteiger partial charge in [-0.3, -0.25) is 4.79 Å². The molecule has 3 nitrogen and oxygen atoms in total. The van der Waals surface area contributed by atoms with Crippen LogP contribution in [-0.4, -0.2) is 11.1 Å². The molecule has 0 atom stereocenters. The van der Waals surface area contributed by atoms with E-state index >= 15 is 0 Å². The molecule has 0 fully saturated rings. The van der Waals surface area contributed by atoms with Gasteiger partial charge in [0.15, 0.2) is 0 Å². The maximum Gasteiger partial charge on any atom is 0.308 e. The van der Waals surface area contributed by atoms with E-state index in [-0.39, 0.29) is 5.97 Å². The summed E-state index contributed by atoms with van der Waals surface area (Å²) in [6.45, 7) is 2.28. The summed E-state index contributed by atoms with van der Waals surface area (Å²) in [7, 11) is 0. The van der Waals surface area contributed by atoms with E-state index in [0.717, 1.165) is 6.61 Å². The molecule has 0 aliphatic rings. The molecule has 1 N–H and O–H groups in total. The van der Waals surface area contributed by atoms with Gasteiger partial charge in [0.1, 0.15) is 12.4 Å². The first-order valence-electron chi connectivity index (χ1n) is 3.48. The summed E-state index contributed by atoms with van der Waals surface area (Å²) in [5, 5.41) is 8.63. The standard InChI is InChI=1S/C9H9O3/c1-7(11)12-9-4-2-3-8(5-9)6-10/h2-6,10H,1H3. The van der Waals surface area contributed by atoms with Gasteiger partial charge < -0.3 is 9.84 Å². The molecule has 0 saturated carbocycles. The van der Waals surface area contributed by atoms with Crippen LogP contribution in [0.15, 0.2) is 24.3 Å². The van der Waals surface area contributed by atoms with E-state index < -0.39 is 0 Å². The van der Waals surface area contributed by atoms with Crippen LogP contribution >= 0.6 is 0 Å². The highest BCUT2D eigenvalue weighted by atomic mass is 16.5. The quantitative estimate of drug-likeness (QED) is 0.533. The number of benzene rings is 1. The Bertz CT molecular complexity index is 281. The number of carbonyl (C=O) groups is 1. The Kier molecular flexibility index (Phi) is 2.82. The van der Waals surface area contributed by atoms with Gasteiger partial charge in [-0.2, -0.15) is 0 Å². The van der Waals surface area contributed by atoms with E-state index in [1.807, 2.05) is 0 Å². The van der Waals surface area contributed by atoms with Crippen molar-refractivity contribution in [2.45, 2.75) is 6.92 Å². The van der Waals surface area contributed by atoms with Gasteiger partial charge in [-0.15, -0.1) is 0 Å². The third-order valence-electron chi connectivity index (χ3n) is 1.27. The summed E-state index contributed by atoms with van der Waals surface area (Å²) in [4.78, 5) is 10.5. The number of hydrogen-bond acceptors (Lipinski definition) is 3. The van der Waals surface area contributed by atoms with Crippen molar-refractivity contribution in [1.29, 1.82) is 0 Å². The third-order valence-corrected chi connectivity index (χ3v) is 1.27. The van der Waals surface area contributed by atoms with Gasteiger partial charge in [0, 0.05) is 6.92 Å². The molecule has 0 bridgehead atoms. The maximum absolute atomic E-state index is 10.5. The largest absolute Gasteiger partial charge is 0.427 e. The molecule has 0 aromatic heterocycles. The van der Waals surface area contributed by atoms with E-state index in [4.69, 9.17) is 9.84 Å². The minimum atomic E-state index is -0.370. The van der Waals surface area contributed by atoms with Gasteiger partial charge in [-0.05, 0) is 17.7 Å². The summed E-state index contributed by atoms with van der Waals surface area (Å²) >= 11 is 0. The zero-order valence-electron chi connectivity index (χ0n) is 6.65. The minimum absolute atomic E-state index is 0.370. The minimum Gasteiger partial charge on any atom is -0.427 e. The highest BCUT2D eigenvalue weighted by Gasteiger charge is 1.98. The topological polar surface area (TPSA) is 46.5 Å². The summed E-state index contributed by atoms with van der Waals surface area (Å²) in [5.74, 6) is 0.0652. The van der Waals surface area contributed by atoms with Crippen molar-refractivity contribution in [3.63, 3.8) is 0 Å². The van der Waals surface area contributed by atoms with Crippen LogP contribution in [0.4, 0.5) is 0 Å². The fraction of sp³-hybridized carbons (Fsp3) is 0.111. The molecule has 63 valence electrons. The van der Waals surface area contributed by atoms with Crippen molar-refractivity contribution >= 4 is 5.97 Å². The number of rotatable bonds is 2. The van der Waals surface area contributed by atoms with E-state index in [1.165, 1.54) is 6.92 Å². The molecule has 0 spiro atoms. The zero-order chi connectivity index (χ0) is 8.97. The van der Waals surface area contributed by atoms with Gasteiger partial charge in [0.25, 0.3) is 0 Å². The average molecular weight is 165 g/mol. The van der Waals surface area contributed by atoms with Gasteiger partial charge >= 0.3 is 5.97 Å².